The van der Waals surface area contributed by atoms with Crippen molar-refractivity contribution in [3.8, 4) is 50.8 Å². The average molecular weight is 624 g/mol. The van der Waals surface area contributed by atoms with Crippen molar-refractivity contribution in [1.29, 1.82) is 0 Å². The van der Waals surface area contributed by atoms with Crippen LogP contribution in [0.25, 0.3) is 72.9 Å². The summed E-state index contributed by atoms with van der Waals surface area (Å²) in [4.78, 5) is 10.4. The molecule has 48 heavy (non-hydrogen) atoms. The maximum absolute atomic E-state index is 6.54. The second kappa shape index (κ2) is 12.1. The molecule has 0 fully saturated rings. The molecule has 234 valence electrons. The van der Waals surface area contributed by atoms with Crippen molar-refractivity contribution in [1.82, 2.24) is 14.5 Å². The van der Waals surface area contributed by atoms with E-state index in [1.807, 2.05) is 36.4 Å². The van der Waals surface area contributed by atoms with Crippen LogP contribution in [0.1, 0.15) is 50.7 Å². The summed E-state index contributed by atoms with van der Waals surface area (Å²) in [5.41, 5.74) is 13.9. The van der Waals surface area contributed by atoms with E-state index in [1.54, 1.807) is 0 Å². The number of benzene rings is 6. The van der Waals surface area contributed by atoms with Gasteiger partial charge in [-0.2, -0.15) is 0 Å². The summed E-state index contributed by atoms with van der Waals surface area (Å²) in [5.74, 6) is 2.04. The molecule has 4 heteroatoms. The zero-order valence-electron chi connectivity index (χ0n) is 27.7. The highest BCUT2D eigenvalue weighted by Gasteiger charge is 2.25. The van der Waals surface area contributed by atoms with Crippen molar-refractivity contribution in [2.24, 2.45) is 0 Å². The standard InChI is InChI=1S/C44H37N3O/c1-28(2)35-24-33(30-16-8-5-9-17-30)25-36(29(3)4)42(35)47-39-23-15-14-22-38(39)45-43(47)34-26-37(31-18-10-6-11-19-31)41-40(27-34)48-44(46-41)32-20-12-7-13-21-32/h5-29H,1-4H3. The Morgan fingerprint density at radius 2 is 1.08 bits per heavy atom. The summed E-state index contributed by atoms with van der Waals surface area (Å²) in [5, 5.41) is 0. The Kier molecular flexibility index (Phi) is 7.49. The predicted molar refractivity (Wildman–Crippen MR) is 199 cm³/mol. The number of imidazole rings is 1. The maximum atomic E-state index is 6.54. The second-order valence-electron chi connectivity index (χ2n) is 13.1. The third-order valence-electron chi connectivity index (χ3n) is 9.16. The molecule has 0 aliphatic carbocycles. The molecule has 0 saturated heterocycles. The smallest absolute Gasteiger partial charge is 0.227 e. The molecule has 8 rings (SSSR count). The van der Waals surface area contributed by atoms with Gasteiger partial charge in [0.05, 0.1) is 16.7 Å². The van der Waals surface area contributed by atoms with Crippen LogP contribution in [-0.2, 0) is 0 Å². The van der Waals surface area contributed by atoms with Gasteiger partial charge in [-0.05, 0) is 88.2 Å². The van der Waals surface area contributed by atoms with E-state index in [0.29, 0.717) is 5.89 Å². The lowest BCUT2D eigenvalue weighted by Crippen LogP contribution is -2.09. The first kappa shape index (κ1) is 29.6. The summed E-state index contributed by atoms with van der Waals surface area (Å²) >= 11 is 0. The molecular weight excluding hydrogens is 587 g/mol. The van der Waals surface area contributed by atoms with E-state index in [-0.39, 0.29) is 11.8 Å². The highest BCUT2D eigenvalue weighted by atomic mass is 16.3. The number of nitrogens with zero attached hydrogens (tertiary/aromatic N) is 3. The predicted octanol–water partition coefficient (Wildman–Crippen LogP) is 12.1. The number of fused-ring (bicyclic) bond motifs is 2. The van der Waals surface area contributed by atoms with Gasteiger partial charge in [0.1, 0.15) is 11.3 Å². The molecule has 6 aromatic carbocycles. The van der Waals surface area contributed by atoms with E-state index in [0.717, 1.165) is 50.2 Å². The van der Waals surface area contributed by atoms with Gasteiger partial charge in [-0.3, -0.25) is 4.57 Å². The first-order valence-corrected chi connectivity index (χ1v) is 16.7. The Hall–Kier alpha value is -5.74. The third kappa shape index (κ3) is 5.20. The largest absolute Gasteiger partial charge is 0.436 e. The van der Waals surface area contributed by atoms with Crippen LogP contribution in [0.15, 0.2) is 144 Å². The van der Waals surface area contributed by atoms with Crippen LogP contribution < -0.4 is 0 Å². The quantitative estimate of drug-likeness (QED) is 0.177. The molecule has 0 unspecified atom stereocenters. The zero-order chi connectivity index (χ0) is 32.8. The second-order valence-corrected chi connectivity index (χ2v) is 13.1. The van der Waals surface area contributed by atoms with Gasteiger partial charge < -0.3 is 4.42 Å². The molecule has 0 atom stereocenters. The molecule has 4 nitrogen and oxygen atoms in total. The van der Waals surface area contributed by atoms with Crippen molar-refractivity contribution in [2.45, 2.75) is 39.5 Å². The Labute approximate surface area is 281 Å². The maximum Gasteiger partial charge on any atom is 0.227 e. The summed E-state index contributed by atoms with van der Waals surface area (Å²) in [7, 11) is 0. The van der Waals surface area contributed by atoms with E-state index in [9.17, 15) is 0 Å². The molecule has 0 bridgehead atoms. The van der Waals surface area contributed by atoms with Crippen LogP contribution in [-0.4, -0.2) is 14.5 Å². The first-order chi connectivity index (χ1) is 23.5. The van der Waals surface area contributed by atoms with E-state index in [1.165, 1.54) is 27.9 Å². The molecule has 0 aliphatic rings. The number of aromatic nitrogens is 3. The number of rotatable bonds is 7. The lowest BCUT2D eigenvalue weighted by Gasteiger charge is -2.24. The Balaban J connectivity index is 1.44. The SMILES string of the molecule is CC(C)c1cc(-c2ccccc2)cc(C(C)C)c1-n1c(-c2cc(-c3ccccc3)c3nc(-c4ccccc4)oc3c2)nc2ccccc21. The average Bonchev–Trinajstić information content (AvgIpc) is 3.74. The summed E-state index contributed by atoms with van der Waals surface area (Å²) < 4.78 is 8.93. The minimum Gasteiger partial charge on any atom is -0.436 e. The van der Waals surface area contributed by atoms with Gasteiger partial charge in [0, 0.05) is 16.7 Å². The molecule has 0 radical (unpaired) electrons. The number of oxazole rings is 1. The molecule has 0 aliphatic heterocycles. The van der Waals surface area contributed by atoms with Crippen LogP contribution in [0.2, 0.25) is 0 Å². The third-order valence-corrected chi connectivity index (χ3v) is 9.16. The van der Waals surface area contributed by atoms with Crippen molar-refractivity contribution in [3.63, 3.8) is 0 Å². The molecule has 0 N–H and O–H groups in total. The minimum atomic E-state index is 0.278. The molecule has 0 spiro atoms. The fraction of sp³-hybridized carbons (Fsp3) is 0.136. The van der Waals surface area contributed by atoms with E-state index in [2.05, 4.69) is 135 Å². The highest BCUT2D eigenvalue weighted by molar-refractivity contribution is 5.97. The van der Waals surface area contributed by atoms with Gasteiger partial charge in [-0.1, -0.05) is 119 Å². The molecule has 0 saturated carbocycles. The van der Waals surface area contributed by atoms with Crippen LogP contribution in [0.5, 0.6) is 0 Å². The topological polar surface area (TPSA) is 43.9 Å². The molecule has 2 aromatic heterocycles. The lowest BCUT2D eigenvalue weighted by atomic mass is 9.88. The van der Waals surface area contributed by atoms with Gasteiger partial charge >= 0.3 is 0 Å². The van der Waals surface area contributed by atoms with E-state index >= 15 is 0 Å². The van der Waals surface area contributed by atoms with Crippen LogP contribution >= 0.6 is 0 Å². The van der Waals surface area contributed by atoms with Gasteiger partial charge in [0.25, 0.3) is 0 Å². The molecule has 0 amide bonds. The van der Waals surface area contributed by atoms with Gasteiger partial charge in [0.15, 0.2) is 5.58 Å². The summed E-state index contributed by atoms with van der Waals surface area (Å²) in [6.07, 6.45) is 0. The van der Waals surface area contributed by atoms with E-state index in [4.69, 9.17) is 14.4 Å². The van der Waals surface area contributed by atoms with Crippen molar-refractivity contribution >= 4 is 22.1 Å². The monoisotopic (exact) mass is 623 g/mol. The zero-order valence-corrected chi connectivity index (χ0v) is 27.7. The fourth-order valence-corrected chi connectivity index (χ4v) is 6.76. The van der Waals surface area contributed by atoms with Crippen LogP contribution in [0, 0.1) is 0 Å². The van der Waals surface area contributed by atoms with Gasteiger partial charge in [-0.25, -0.2) is 9.97 Å². The first-order valence-electron chi connectivity index (χ1n) is 16.7. The highest BCUT2D eigenvalue weighted by Crippen LogP contribution is 2.42. The van der Waals surface area contributed by atoms with E-state index < -0.39 is 0 Å². The number of hydrogen-bond acceptors (Lipinski definition) is 3. The minimum absolute atomic E-state index is 0.278. The van der Waals surface area contributed by atoms with Gasteiger partial charge in [0.2, 0.25) is 5.89 Å². The Morgan fingerprint density at radius 1 is 0.521 bits per heavy atom. The Bertz CT molecular complexity index is 2350. The lowest BCUT2D eigenvalue weighted by molar-refractivity contribution is 0.620. The fourth-order valence-electron chi connectivity index (χ4n) is 6.76. The molecule has 8 aromatic rings. The normalized spacial score (nSPS) is 11.7. The molecular formula is C44H37N3O. The van der Waals surface area contributed by atoms with Crippen molar-refractivity contribution < 1.29 is 4.42 Å². The Morgan fingerprint density at radius 3 is 1.71 bits per heavy atom. The number of para-hydroxylation sites is 2. The summed E-state index contributed by atoms with van der Waals surface area (Å²) in [6.45, 7) is 9.15. The summed E-state index contributed by atoms with van der Waals surface area (Å²) in [6, 6.07) is 48.8. The van der Waals surface area contributed by atoms with Crippen LogP contribution in [0.4, 0.5) is 0 Å². The van der Waals surface area contributed by atoms with Crippen LogP contribution in [0.3, 0.4) is 0 Å². The molecule has 2 heterocycles. The van der Waals surface area contributed by atoms with Crippen molar-refractivity contribution in [3.05, 3.63) is 151 Å². The number of hydrogen-bond donors (Lipinski definition) is 0. The van der Waals surface area contributed by atoms with Crippen molar-refractivity contribution in [2.75, 3.05) is 0 Å². The van der Waals surface area contributed by atoms with Gasteiger partial charge in [-0.15, -0.1) is 0 Å².